The van der Waals surface area contributed by atoms with Gasteiger partial charge in [-0.2, -0.15) is 0 Å². The monoisotopic (exact) mass is 519 g/mol. The van der Waals surface area contributed by atoms with Crippen molar-refractivity contribution < 1.29 is 18.9 Å². The molecule has 1 fully saturated rings. The van der Waals surface area contributed by atoms with Gasteiger partial charge in [-0.3, -0.25) is 4.79 Å². The van der Waals surface area contributed by atoms with E-state index in [1.165, 1.54) is 0 Å². The molecule has 7 nitrogen and oxygen atoms in total. The van der Waals surface area contributed by atoms with Crippen LogP contribution in [-0.4, -0.2) is 27.9 Å². The number of rotatable bonds is 10. The van der Waals surface area contributed by atoms with Crippen LogP contribution >= 0.6 is 23.2 Å². The molecule has 3 aromatic rings. The molecule has 4 rings (SSSR count). The van der Waals surface area contributed by atoms with Crippen molar-refractivity contribution >= 4 is 34.8 Å². The van der Waals surface area contributed by atoms with E-state index in [1.807, 2.05) is 6.07 Å². The molecule has 1 aliphatic rings. The quantitative estimate of drug-likeness (QED) is 0.299. The summed E-state index contributed by atoms with van der Waals surface area (Å²) in [6.07, 6.45) is 4.15. The Hall–Kier alpha value is -2.35. The summed E-state index contributed by atoms with van der Waals surface area (Å²) in [5.74, 6) is 1.31. The first-order chi connectivity index (χ1) is 16.6. The van der Waals surface area contributed by atoms with Gasteiger partial charge in [0.05, 0.1) is 16.4 Å². The first kappa shape index (κ1) is 25.7. The predicted molar refractivity (Wildman–Crippen MR) is 136 cm³/mol. The largest absolute Gasteiger partial charge is 0.396 e. The minimum Gasteiger partial charge on any atom is -0.396 e. The van der Waals surface area contributed by atoms with Gasteiger partial charge in [0.2, 0.25) is 5.91 Å². The van der Waals surface area contributed by atoms with Crippen LogP contribution in [0.4, 0.5) is 5.69 Å². The van der Waals surface area contributed by atoms with Gasteiger partial charge in [-0.1, -0.05) is 54.3 Å². The molecule has 35 heavy (non-hydrogen) atoms. The lowest BCUT2D eigenvalue weighted by Gasteiger charge is -2.16. The number of anilines is 1. The molecule has 1 amide bonds. The number of aromatic nitrogens is 2. The van der Waals surface area contributed by atoms with Gasteiger partial charge >= 0.3 is 0 Å². The average molecular weight is 520 g/mol. The van der Waals surface area contributed by atoms with Crippen LogP contribution in [0, 0.1) is 5.41 Å². The fourth-order valence-corrected chi connectivity index (χ4v) is 4.73. The summed E-state index contributed by atoms with van der Waals surface area (Å²) < 4.78 is 11.4. The van der Waals surface area contributed by atoms with Crippen molar-refractivity contribution in [1.82, 2.24) is 10.3 Å². The second-order valence-corrected chi connectivity index (χ2v) is 11.3. The second kappa shape index (κ2) is 10.7. The summed E-state index contributed by atoms with van der Waals surface area (Å²) in [5, 5.41) is 21.9. The molecule has 0 bridgehead atoms. The summed E-state index contributed by atoms with van der Waals surface area (Å²) in [6, 6.07) is 6.85. The summed E-state index contributed by atoms with van der Waals surface area (Å²) in [6.45, 7) is 6.46. The smallest absolute Gasteiger partial charge is 0.225 e. The van der Waals surface area contributed by atoms with E-state index in [2.05, 4.69) is 36.4 Å². The maximum atomic E-state index is 13.0. The summed E-state index contributed by atoms with van der Waals surface area (Å²) in [5.41, 5.74) is 2.95. The standard InChI is InChI=1S/C26H31Cl2N3O4/c1-26(2,3)14-18-13-21(30-34-18)25-23(15-6-7-15)24(31-35-25)16(5-4-10-32)11-22(33)29-20-9-8-17(27)12-19(20)28/h8-9,12-13,15-16,32H,4-7,10-11,14H2,1-3H3,(H,29,33)/t16-/m0/s1. The third kappa shape index (κ3) is 6.66. The number of carbonyl (C=O) groups is 1. The lowest BCUT2D eigenvalue weighted by molar-refractivity contribution is -0.116. The predicted octanol–water partition coefficient (Wildman–Crippen LogP) is 6.99. The van der Waals surface area contributed by atoms with E-state index < -0.39 is 0 Å². The molecule has 1 aliphatic carbocycles. The lowest BCUT2D eigenvalue weighted by atomic mass is 9.89. The van der Waals surface area contributed by atoms with Gasteiger partial charge < -0.3 is 19.5 Å². The molecule has 2 aromatic heterocycles. The van der Waals surface area contributed by atoms with Crippen LogP contribution in [0.3, 0.4) is 0 Å². The zero-order valence-electron chi connectivity index (χ0n) is 20.2. The van der Waals surface area contributed by atoms with Crippen LogP contribution < -0.4 is 5.32 Å². The molecule has 188 valence electrons. The minimum absolute atomic E-state index is 0.0318. The van der Waals surface area contributed by atoms with Crippen molar-refractivity contribution in [2.24, 2.45) is 5.41 Å². The maximum Gasteiger partial charge on any atom is 0.225 e. The van der Waals surface area contributed by atoms with Crippen molar-refractivity contribution in [3.05, 3.63) is 51.3 Å². The third-order valence-electron chi connectivity index (χ3n) is 5.97. The number of halogens is 2. The van der Waals surface area contributed by atoms with Crippen LogP contribution in [0.25, 0.3) is 11.5 Å². The Kier molecular flexibility index (Phi) is 7.89. The number of carbonyl (C=O) groups excluding carboxylic acids is 1. The topological polar surface area (TPSA) is 101 Å². The maximum absolute atomic E-state index is 13.0. The van der Waals surface area contributed by atoms with Crippen molar-refractivity contribution in [2.45, 2.75) is 71.1 Å². The number of aliphatic hydroxyl groups excluding tert-OH is 1. The molecular weight excluding hydrogens is 489 g/mol. The van der Waals surface area contributed by atoms with Gasteiger partial charge in [-0.05, 0) is 55.2 Å². The minimum atomic E-state index is -0.220. The SMILES string of the molecule is CC(C)(C)Cc1cc(-c2onc([C@@H](CCCO)CC(=O)Nc3ccc(Cl)cc3Cl)c2C2CC2)no1. The molecule has 2 heterocycles. The van der Waals surface area contributed by atoms with Crippen molar-refractivity contribution in [1.29, 1.82) is 0 Å². The van der Waals surface area contributed by atoms with Gasteiger partial charge in [-0.15, -0.1) is 0 Å². The summed E-state index contributed by atoms with van der Waals surface area (Å²) in [7, 11) is 0. The van der Waals surface area contributed by atoms with E-state index >= 15 is 0 Å². The molecule has 1 saturated carbocycles. The van der Waals surface area contributed by atoms with E-state index in [4.69, 9.17) is 32.2 Å². The number of nitrogens with one attached hydrogen (secondary N) is 1. The van der Waals surface area contributed by atoms with E-state index in [0.29, 0.717) is 45.9 Å². The van der Waals surface area contributed by atoms with Crippen LogP contribution in [0.2, 0.25) is 10.0 Å². The molecule has 0 radical (unpaired) electrons. The Labute approximate surface area is 215 Å². The van der Waals surface area contributed by atoms with Crippen LogP contribution in [0.1, 0.15) is 81.7 Å². The molecule has 1 aromatic carbocycles. The molecular formula is C26H31Cl2N3O4. The van der Waals surface area contributed by atoms with Crippen molar-refractivity contribution in [3.8, 4) is 11.5 Å². The fourth-order valence-electron chi connectivity index (χ4n) is 4.27. The molecule has 0 aliphatic heterocycles. The Bertz CT molecular complexity index is 1180. The number of hydrogen-bond donors (Lipinski definition) is 2. The number of benzene rings is 1. The number of aliphatic hydroxyl groups is 1. The summed E-state index contributed by atoms with van der Waals surface area (Å²) >= 11 is 12.2. The number of hydrogen-bond acceptors (Lipinski definition) is 6. The van der Waals surface area contributed by atoms with E-state index in [9.17, 15) is 9.90 Å². The molecule has 9 heteroatoms. The molecule has 0 spiro atoms. The normalized spacial score (nSPS) is 14.8. The van der Waals surface area contributed by atoms with E-state index in [1.54, 1.807) is 18.2 Å². The highest BCUT2D eigenvalue weighted by Crippen LogP contribution is 2.48. The first-order valence-corrected chi connectivity index (χ1v) is 12.7. The molecule has 1 atom stereocenters. The Morgan fingerprint density at radius 1 is 1.20 bits per heavy atom. The molecule has 0 saturated heterocycles. The fraction of sp³-hybridized carbons (Fsp3) is 0.500. The highest BCUT2D eigenvalue weighted by atomic mass is 35.5. The number of nitrogens with zero attached hydrogens (tertiary/aromatic N) is 2. The van der Waals surface area contributed by atoms with Gasteiger partial charge in [0.25, 0.3) is 0 Å². The number of amides is 1. The van der Waals surface area contributed by atoms with Crippen molar-refractivity contribution in [3.63, 3.8) is 0 Å². The van der Waals surface area contributed by atoms with E-state index in [-0.39, 0.29) is 30.3 Å². The highest BCUT2D eigenvalue weighted by molar-refractivity contribution is 6.36. The summed E-state index contributed by atoms with van der Waals surface area (Å²) in [4.78, 5) is 13.0. The second-order valence-electron chi connectivity index (χ2n) is 10.4. The van der Waals surface area contributed by atoms with Gasteiger partial charge in [0.1, 0.15) is 5.76 Å². The van der Waals surface area contributed by atoms with Gasteiger partial charge in [0, 0.05) is 42.0 Å². The van der Waals surface area contributed by atoms with Gasteiger partial charge in [-0.25, -0.2) is 0 Å². The van der Waals surface area contributed by atoms with Crippen LogP contribution in [-0.2, 0) is 11.2 Å². The Morgan fingerprint density at radius 3 is 2.63 bits per heavy atom. The average Bonchev–Trinajstić information content (AvgIpc) is 3.35. The van der Waals surface area contributed by atoms with Crippen molar-refractivity contribution in [2.75, 3.05) is 11.9 Å². The van der Waals surface area contributed by atoms with Crippen LogP contribution in [0.15, 0.2) is 33.3 Å². The Morgan fingerprint density at radius 2 is 1.97 bits per heavy atom. The van der Waals surface area contributed by atoms with Crippen LogP contribution in [0.5, 0.6) is 0 Å². The lowest BCUT2D eigenvalue weighted by Crippen LogP contribution is -2.17. The molecule has 0 unspecified atom stereocenters. The zero-order valence-corrected chi connectivity index (χ0v) is 21.7. The zero-order chi connectivity index (χ0) is 25.2. The molecule has 2 N–H and O–H groups in total. The third-order valence-corrected chi connectivity index (χ3v) is 6.52. The van der Waals surface area contributed by atoms with E-state index in [0.717, 1.165) is 36.3 Å². The Balaban J connectivity index is 1.58. The highest BCUT2D eigenvalue weighted by Gasteiger charge is 2.37. The first-order valence-electron chi connectivity index (χ1n) is 12.0. The van der Waals surface area contributed by atoms with Gasteiger partial charge in [0.15, 0.2) is 11.5 Å².